The molecular weight excluding hydrogens is 374 g/mol. The Morgan fingerprint density at radius 1 is 1.32 bits per heavy atom. The molecule has 0 unspecified atom stereocenters. The van der Waals surface area contributed by atoms with Crippen LogP contribution in [0.5, 0.6) is 5.75 Å². The van der Waals surface area contributed by atoms with Gasteiger partial charge in [0, 0.05) is 26.2 Å². The third-order valence-corrected chi connectivity index (χ3v) is 6.07. The van der Waals surface area contributed by atoms with E-state index in [1.54, 1.807) is 23.1 Å². The van der Waals surface area contributed by atoms with Gasteiger partial charge in [0.1, 0.15) is 11.4 Å². The van der Waals surface area contributed by atoms with Gasteiger partial charge in [-0.15, -0.1) is 0 Å². The fraction of sp³-hybridized carbons (Fsp3) is 0.450. The Kier molecular flexibility index (Phi) is 5.21. The minimum Gasteiger partial charge on any atom is -0.494 e. The van der Waals surface area contributed by atoms with Crippen LogP contribution in [-0.2, 0) is 7.05 Å². The minimum absolute atomic E-state index is 0.0509. The van der Waals surface area contributed by atoms with Crippen molar-refractivity contribution in [1.82, 2.24) is 20.1 Å². The van der Waals surface area contributed by atoms with Crippen LogP contribution in [-0.4, -0.2) is 46.4 Å². The van der Waals surface area contributed by atoms with E-state index in [4.69, 9.17) is 9.72 Å². The number of thiazole rings is 1. The lowest BCUT2D eigenvalue weighted by molar-refractivity contribution is 0.0921. The van der Waals surface area contributed by atoms with Gasteiger partial charge in [0.15, 0.2) is 5.13 Å². The number of amides is 1. The Hall–Kier alpha value is -2.61. The molecule has 2 aromatic heterocycles. The van der Waals surface area contributed by atoms with E-state index in [9.17, 15) is 4.79 Å². The number of rotatable bonds is 5. The highest BCUT2D eigenvalue weighted by atomic mass is 32.1. The molecule has 1 saturated heterocycles. The number of fused-ring (bicyclic) bond motifs is 1. The molecule has 0 atom stereocenters. The molecule has 7 nitrogen and oxygen atoms in total. The van der Waals surface area contributed by atoms with Crippen LogP contribution in [0, 0.1) is 6.92 Å². The van der Waals surface area contributed by atoms with Crippen molar-refractivity contribution >= 4 is 32.6 Å². The van der Waals surface area contributed by atoms with E-state index < -0.39 is 0 Å². The van der Waals surface area contributed by atoms with E-state index in [2.05, 4.69) is 21.4 Å². The number of aryl methyl sites for hydroxylation is 2. The first kappa shape index (κ1) is 18.7. The quantitative estimate of drug-likeness (QED) is 0.714. The fourth-order valence-corrected chi connectivity index (χ4v) is 4.63. The number of hydrogen-bond acceptors (Lipinski definition) is 6. The standard InChI is InChI=1S/C20H25N5O2S/c1-4-27-15-5-6-16-18(12-15)28-20(22-16)25-9-7-14(8-10-25)21-19(26)17-11-13(2)23-24(17)3/h5-6,11-12,14H,4,7-10H2,1-3H3,(H,21,26). The average Bonchev–Trinajstić information content (AvgIpc) is 3.25. The molecule has 8 heteroatoms. The Labute approximate surface area is 168 Å². The number of nitrogens with zero attached hydrogens (tertiary/aromatic N) is 4. The second kappa shape index (κ2) is 7.79. The zero-order valence-corrected chi connectivity index (χ0v) is 17.3. The van der Waals surface area contributed by atoms with Crippen molar-refractivity contribution in [2.24, 2.45) is 7.05 Å². The first-order valence-electron chi connectivity index (χ1n) is 9.63. The number of hydrogen-bond donors (Lipinski definition) is 1. The van der Waals surface area contributed by atoms with Crippen LogP contribution in [0.1, 0.15) is 35.9 Å². The molecule has 3 aromatic rings. The van der Waals surface area contributed by atoms with Gasteiger partial charge in [0.05, 0.1) is 22.5 Å². The number of benzene rings is 1. The number of piperidine rings is 1. The molecule has 4 rings (SSSR count). The number of anilines is 1. The molecule has 28 heavy (non-hydrogen) atoms. The zero-order valence-electron chi connectivity index (χ0n) is 16.4. The summed E-state index contributed by atoms with van der Waals surface area (Å²) < 4.78 is 8.36. The molecule has 1 amide bonds. The smallest absolute Gasteiger partial charge is 0.269 e. The molecule has 1 N–H and O–H groups in total. The van der Waals surface area contributed by atoms with Gasteiger partial charge < -0.3 is 15.0 Å². The normalized spacial score (nSPS) is 15.2. The Bertz CT molecular complexity index is 988. The predicted octanol–water partition coefficient (Wildman–Crippen LogP) is 3.14. The zero-order chi connectivity index (χ0) is 19.7. The largest absolute Gasteiger partial charge is 0.494 e. The van der Waals surface area contributed by atoms with Crippen LogP contribution in [0.4, 0.5) is 5.13 Å². The highest BCUT2D eigenvalue weighted by Gasteiger charge is 2.24. The summed E-state index contributed by atoms with van der Waals surface area (Å²) in [6.45, 7) is 6.31. The molecule has 0 saturated carbocycles. The van der Waals surface area contributed by atoms with Crippen LogP contribution in [0.25, 0.3) is 10.2 Å². The summed E-state index contributed by atoms with van der Waals surface area (Å²) in [5.41, 5.74) is 2.47. The van der Waals surface area contributed by atoms with E-state index in [-0.39, 0.29) is 11.9 Å². The maximum absolute atomic E-state index is 12.5. The van der Waals surface area contributed by atoms with Crippen LogP contribution < -0.4 is 15.0 Å². The van der Waals surface area contributed by atoms with E-state index in [0.29, 0.717) is 12.3 Å². The molecule has 1 aliphatic rings. The number of carbonyl (C=O) groups is 1. The van der Waals surface area contributed by atoms with Crippen molar-refractivity contribution in [3.63, 3.8) is 0 Å². The second-order valence-corrected chi connectivity index (χ2v) is 8.10. The van der Waals surface area contributed by atoms with Crippen molar-refractivity contribution in [3.8, 4) is 5.75 Å². The van der Waals surface area contributed by atoms with Crippen molar-refractivity contribution in [2.45, 2.75) is 32.7 Å². The lowest BCUT2D eigenvalue weighted by atomic mass is 10.1. The number of carbonyl (C=O) groups excluding carboxylic acids is 1. The van der Waals surface area contributed by atoms with Gasteiger partial charge in [0.2, 0.25) is 0 Å². The maximum Gasteiger partial charge on any atom is 0.269 e. The minimum atomic E-state index is -0.0509. The Morgan fingerprint density at radius 3 is 2.79 bits per heavy atom. The Morgan fingerprint density at radius 2 is 2.11 bits per heavy atom. The first-order valence-corrected chi connectivity index (χ1v) is 10.4. The molecule has 3 heterocycles. The number of ether oxygens (including phenoxy) is 1. The van der Waals surface area contributed by atoms with Crippen molar-refractivity contribution in [1.29, 1.82) is 0 Å². The lowest BCUT2D eigenvalue weighted by Crippen LogP contribution is -2.45. The van der Waals surface area contributed by atoms with E-state index in [1.807, 2.05) is 32.0 Å². The molecule has 1 fully saturated rings. The molecule has 0 radical (unpaired) electrons. The van der Waals surface area contributed by atoms with Crippen LogP contribution >= 0.6 is 11.3 Å². The van der Waals surface area contributed by atoms with Gasteiger partial charge in [0.25, 0.3) is 5.91 Å². The van der Waals surface area contributed by atoms with Crippen molar-refractivity contribution < 1.29 is 9.53 Å². The van der Waals surface area contributed by atoms with Gasteiger partial charge in [-0.25, -0.2) is 4.98 Å². The van der Waals surface area contributed by atoms with Crippen LogP contribution in [0.15, 0.2) is 24.3 Å². The van der Waals surface area contributed by atoms with Crippen LogP contribution in [0.3, 0.4) is 0 Å². The number of aromatic nitrogens is 3. The Balaban J connectivity index is 1.38. The van der Waals surface area contributed by atoms with Gasteiger partial charge >= 0.3 is 0 Å². The topological polar surface area (TPSA) is 72.3 Å². The molecule has 0 bridgehead atoms. The highest BCUT2D eigenvalue weighted by Crippen LogP contribution is 2.32. The summed E-state index contributed by atoms with van der Waals surface area (Å²) in [5, 5.41) is 8.43. The molecular formula is C20H25N5O2S. The second-order valence-electron chi connectivity index (χ2n) is 7.09. The maximum atomic E-state index is 12.5. The predicted molar refractivity (Wildman–Crippen MR) is 111 cm³/mol. The van der Waals surface area contributed by atoms with E-state index in [1.165, 1.54) is 0 Å². The summed E-state index contributed by atoms with van der Waals surface area (Å²) in [6, 6.07) is 8.05. The molecule has 1 aromatic carbocycles. The SMILES string of the molecule is CCOc1ccc2nc(N3CCC(NC(=O)c4cc(C)nn4C)CC3)sc2c1. The lowest BCUT2D eigenvalue weighted by Gasteiger charge is -2.32. The summed E-state index contributed by atoms with van der Waals surface area (Å²) in [4.78, 5) is 19.6. The van der Waals surface area contributed by atoms with Crippen molar-refractivity contribution in [3.05, 3.63) is 35.7 Å². The van der Waals surface area contributed by atoms with Gasteiger partial charge in [-0.05, 0) is 51.0 Å². The average molecular weight is 400 g/mol. The fourth-order valence-electron chi connectivity index (χ4n) is 3.58. The summed E-state index contributed by atoms with van der Waals surface area (Å²) in [5.74, 6) is 0.835. The molecule has 0 aliphatic carbocycles. The molecule has 148 valence electrons. The van der Waals surface area contributed by atoms with Gasteiger partial charge in [-0.1, -0.05) is 11.3 Å². The summed E-state index contributed by atoms with van der Waals surface area (Å²) in [7, 11) is 1.80. The summed E-state index contributed by atoms with van der Waals surface area (Å²) >= 11 is 1.70. The van der Waals surface area contributed by atoms with Crippen LogP contribution in [0.2, 0.25) is 0 Å². The summed E-state index contributed by atoms with van der Waals surface area (Å²) in [6.07, 6.45) is 1.81. The van der Waals surface area contributed by atoms with Crippen molar-refractivity contribution in [2.75, 3.05) is 24.6 Å². The van der Waals surface area contributed by atoms with Gasteiger partial charge in [-0.2, -0.15) is 5.10 Å². The number of nitrogens with one attached hydrogen (secondary N) is 1. The van der Waals surface area contributed by atoms with E-state index in [0.717, 1.165) is 52.7 Å². The first-order chi connectivity index (χ1) is 13.5. The third kappa shape index (κ3) is 3.82. The highest BCUT2D eigenvalue weighted by molar-refractivity contribution is 7.22. The third-order valence-electron chi connectivity index (χ3n) is 4.99. The van der Waals surface area contributed by atoms with E-state index >= 15 is 0 Å². The molecule has 1 aliphatic heterocycles. The van der Waals surface area contributed by atoms with Gasteiger partial charge in [-0.3, -0.25) is 9.48 Å². The monoisotopic (exact) mass is 399 g/mol. The molecule has 0 spiro atoms.